The number of hydrogen-bond donors (Lipinski definition) is 1. The summed E-state index contributed by atoms with van der Waals surface area (Å²) in [6.45, 7) is 2.06. The summed E-state index contributed by atoms with van der Waals surface area (Å²) >= 11 is 1.80. The third kappa shape index (κ3) is 2.07. The molecular weight excluding hydrogens is 254 g/mol. The fourth-order valence-electron chi connectivity index (χ4n) is 2.62. The van der Waals surface area contributed by atoms with E-state index in [-0.39, 0.29) is 6.04 Å². The van der Waals surface area contributed by atoms with Crippen molar-refractivity contribution in [2.75, 3.05) is 7.05 Å². The van der Waals surface area contributed by atoms with E-state index in [1.54, 1.807) is 11.3 Å². The van der Waals surface area contributed by atoms with Crippen molar-refractivity contribution < 1.29 is 0 Å². The monoisotopic (exact) mass is 271 g/mol. The SMILES string of the molecule is CNC(c1cn(C)nc1C)c1cccc2ccsc12. The van der Waals surface area contributed by atoms with Crippen LogP contribution in [0.3, 0.4) is 0 Å². The zero-order valence-corrected chi connectivity index (χ0v) is 12.2. The van der Waals surface area contributed by atoms with Crippen LogP contribution in [0.25, 0.3) is 10.1 Å². The number of aryl methyl sites for hydroxylation is 2. The highest BCUT2D eigenvalue weighted by Crippen LogP contribution is 2.32. The highest BCUT2D eigenvalue weighted by molar-refractivity contribution is 7.17. The molecular formula is C15H17N3S. The van der Waals surface area contributed by atoms with Gasteiger partial charge in [-0.25, -0.2) is 0 Å². The lowest BCUT2D eigenvalue weighted by Crippen LogP contribution is -2.18. The van der Waals surface area contributed by atoms with E-state index in [2.05, 4.69) is 53.2 Å². The summed E-state index contributed by atoms with van der Waals surface area (Å²) in [5.41, 5.74) is 3.65. The summed E-state index contributed by atoms with van der Waals surface area (Å²) in [6, 6.07) is 8.85. The number of nitrogens with one attached hydrogen (secondary N) is 1. The molecule has 0 aliphatic rings. The van der Waals surface area contributed by atoms with Gasteiger partial charge in [-0.05, 0) is 36.4 Å². The zero-order valence-electron chi connectivity index (χ0n) is 11.3. The predicted octanol–water partition coefficient (Wildman–Crippen LogP) is 3.25. The van der Waals surface area contributed by atoms with Crippen LogP contribution < -0.4 is 5.32 Å². The smallest absolute Gasteiger partial charge is 0.0644 e. The normalized spacial score (nSPS) is 13.0. The average Bonchev–Trinajstić information content (AvgIpc) is 2.98. The maximum Gasteiger partial charge on any atom is 0.0644 e. The van der Waals surface area contributed by atoms with Crippen molar-refractivity contribution in [2.45, 2.75) is 13.0 Å². The maximum atomic E-state index is 4.45. The van der Waals surface area contributed by atoms with Gasteiger partial charge in [0.1, 0.15) is 0 Å². The molecule has 0 saturated heterocycles. The van der Waals surface area contributed by atoms with Gasteiger partial charge in [0.25, 0.3) is 0 Å². The third-order valence-electron chi connectivity index (χ3n) is 3.47. The van der Waals surface area contributed by atoms with Gasteiger partial charge < -0.3 is 5.32 Å². The molecule has 2 heterocycles. The van der Waals surface area contributed by atoms with Gasteiger partial charge >= 0.3 is 0 Å². The second-order valence-electron chi connectivity index (χ2n) is 4.75. The van der Waals surface area contributed by atoms with Crippen LogP contribution in [-0.4, -0.2) is 16.8 Å². The van der Waals surface area contributed by atoms with Crippen molar-refractivity contribution in [2.24, 2.45) is 7.05 Å². The van der Waals surface area contributed by atoms with Gasteiger partial charge in [0, 0.05) is 23.5 Å². The van der Waals surface area contributed by atoms with Crippen molar-refractivity contribution in [3.63, 3.8) is 0 Å². The van der Waals surface area contributed by atoms with Crippen molar-refractivity contribution in [3.05, 3.63) is 52.7 Å². The Balaban J connectivity index is 2.17. The molecule has 0 spiro atoms. The van der Waals surface area contributed by atoms with Crippen LogP contribution in [0.2, 0.25) is 0 Å². The summed E-state index contributed by atoms with van der Waals surface area (Å²) in [5.74, 6) is 0. The maximum absolute atomic E-state index is 4.45. The molecule has 0 amide bonds. The van der Waals surface area contributed by atoms with Crippen molar-refractivity contribution >= 4 is 21.4 Å². The number of nitrogens with zero attached hydrogens (tertiary/aromatic N) is 2. The molecule has 1 atom stereocenters. The first-order valence-electron chi connectivity index (χ1n) is 6.34. The topological polar surface area (TPSA) is 29.9 Å². The molecule has 0 bridgehead atoms. The lowest BCUT2D eigenvalue weighted by atomic mass is 9.98. The van der Waals surface area contributed by atoms with Crippen LogP contribution in [0.4, 0.5) is 0 Å². The molecule has 1 N–H and O–H groups in total. The first-order chi connectivity index (χ1) is 9.20. The largest absolute Gasteiger partial charge is 0.309 e. The molecule has 19 heavy (non-hydrogen) atoms. The fraction of sp³-hybridized carbons (Fsp3) is 0.267. The fourth-order valence-corrected chi connectivity index (χ4v) is 3.57. The molecule has 0 aliphatic carbocycles. The Labute approximate surface area is 116 Å². The molecule has 4 heteroatoms. The quantitative estimate of drug-likeness (QED) is 0.792. The standard InChI is InChI=1S/C15H17N3S/c1-10-13(9-18(3)17-10)14(16-2)12-6-4-5-11-7-8-19-15(11)12/h4-9,14,16H,1-3H3. The molecule has 0 aliphatic heterocycles. The van der Waals surface area contributed by atoms with Gasteiger partial charge in [0.15, 0.2) is 0 Å². The molecule has 0 radical (unpaired) electrons. The number of aromatic nitrogens is 2. The predicted molar refractivity (Wildman–Crippen MR) is 80.7 cm³/mol. The van der Waals surface area contributed by atoms with Crippen LogP contribution in [0.5, 0.6) is 0 Å². The third-order valence-corrected chi connectivity index (χ3v) is 4.45. The minimum absolute atomic E-state index is 0.191. The van der Waals surface area contributed by atoms with E-state index in [4.69, 9.17) is 0 Å². The summed E-state index contributed by atoms with van der Waals surface area (Å²) in [4.78, 5) is 0. The molecule has 3 rings (SSSR count). The van der Waals surface area contributed by atoms with E-state index in [1.807, 2.05) is 18.8 Å². The van der Waals surface area contributed by atoms with E-state index in [9.17, 15) is 0 Å². The molecule has 1 aromatic carbocycles. The van der Waals surface area contributed by atoms with Gasteiger partial charge in [-0.1, -0.05) is 18.2 Å². The first-order valence-corrected chi connectivity index (χ1v) is 7.22. The highest BCUT2D eigenvalue weighted by Gasteiger charge is 2.19. The first kappa shape index (κ1) is 12.4. The van der Waals surface area contributed by atoms with Gasteiger partial charge in [-0.15, -0.1) is 11.3 Å². The Bertz CT molecular complexity index is 711. The second kappa shape index (κ2) is 4.79. The van der Waals surface area contributed by atoms with E-state index in [1.165, 1.54) is 21.2 Å². The van der Waals surface area contributed by atoms with Crippen molar-refractivity contribution in [3.8, 4) is 0 Å². The summed E-state index contributed by atoms with van der Waals surface area (Å²) < 4.78 is 3.23. The lowest BCUT2D eigenvalue weighted by Gasteiger charge is -2.17. The summed E-state index contributed by atoms with van der Waals surface area (Å²) in [6.07, 6.45) is 2.10. The van der Waals surface area contributed by atoms with E-state index >= 15 is 0 Å². The number of rotatable bonds is 3. The van der Waals surface area contributed by atoms with Crippen molar-refractivity contribution in [1.29, 1.82) is 0 Å². The Kier molecular flexibility index (Phi) is 3.12. The number of fused-ring (bicyclic) bond motifs is 1. The lowest BCUT2D eigenvalue weighted by molar-refractivity contribution is 0.692. The molecule has 98 valence electrons. The van der Waals surface area contributed by atoms with Crippen LogP contribution in [0.15, 0.2) is 35.8 Å². The Hall–Kier alpha value is -1.65. The van der Waals surface area contributed by atoms with Gasteiger partial charge in [-0.3, -0.25) is 4.68 Å². The molecule has 3 nitrogen and oxygen atoms in total. The number of thiophene rings is 1. The molecule has 2 aromatic heterocycles. The van der Waals surface area contributed by atoms with Crippen molar-refractivity contribution in [1.82, 2.24) is 15.1 Å². The Morgan fingerprint density at radius 2 is 2.11 bits per heavy atom. The highest BCUT2D eigenvalue weighted by atomic mass is 32.1. The van der Waals surface area contributed by atoms with Gasteiger partial charge in [-0.2, -0.15) is 5.10 Å². The summed E-state index contributed by atoms with van der Waals surface area (Å²) in [5, 5.41) is 11.3. The summed E-state index contributed by atoms with van der Waals surface area (Å²) in [7, 11) is 3.97. The minimum atomic E-state index is 0.191. The van der Waals surface area contributed by atoms with E-state index < -0.39 is 0 Å². The van der Waals surface area contributed by atoms with Crippen LogP contribution >= 0.6 is 11.3 Å². The molecule has 1 unspecified atom stereocenters. The van der Waals surface area contributed by atoms with Crippen LogP contribution in [0, 0.1) is 6.92 Å². The average molecular weight is 271 g/mol. The van der Waals surface area contributed by atoms with E-state index in [0.717, 1.165) is 5.69 Å². The minimum Gasteiger partial charge on any atom is -0.309 e. The Morgan fingerprint density at radius 3 is 2.79 bits per heavy atom. The van der Waals surface area contributed by atoms with Gasteiger partial charge in [0.2, 0.25) is 0 Å². The second-order valence-corrected chi connectivity index (χ2v) is 5.67. The van der Waals surface area contributed by atoms with E-state index in [0.29, 0.717) is 0 Å². The van der Waals surface area contributed by atoms with Crippen LogP contribution in [-0.2, 0) is 7.05 Å². The van der Waals surface area contributed by atoms with Gasteiger partial charge in [0.05, 0.1) is 11.7 Å². The molecule has 3 aromatic rings. The molecule has 0 fully saturated rings. The Morgan fingerprint density at radius 1 is 1.26 bits per heavy atom. The zero-order chi connectivity index (χ0) is 13.4. The van der Waals surface area contributed by atoms with Crippen LogP contribution in [0.1, 0.15) is 22.9 Å². The number of benzene rings is 1. The number of hydrogen-bond acceptors (Lipinski definition) is 3. The molecule has 0 saturated carbocycles.